The van der Waals surface area contributed by atoms with Gasteiger partial charge >= 0.3 is 0 Å². The molecule has 0 aromatic heterocycles. The lowest BCUT2D eigenvalue weighted by Gasteiger charge is -2.32. The minimum absolute atomic E-state index is 0. The maximum Gasteiger partial charge on any atom is 0.0788 e. The van der Waals surface area contributed by atoms with E-state index >= 15 is 0 Å². The van der Waals surface area contributed by atoms with Gasteiger partial charge in [0, 0.05) is 12.8 Å². The lowest BCUT2D eigenvalue weighted by molar-refractivity contribution is -0.915. The van der Waals surface area contributed by atoms with E-state index in [4.69, 9.17) is 0 Å². The smallest absolute Gasteiger partial charge is 0.0788 e. The zero-order valence-electron chi connectivity index (χ0n) is 8.48. The van der Waals surface area contributed by atoms with Gasteiger partial charge in [-0.15, -0.1) is 0 Å². The van der Waals surface area contributed by atoms with Gasteiger partial charge in [0.25, 0.3) is 0 Å². The number of nitrogens with zero attached hydrogens (tertiary/aromatic N) is 1. The van der Waals surface area contributed by atoms with Crippen LogP contribution in [0.4, 0.5) is 0 Å². The predicted octanol–water partition coefficient (Wildman–Crippen LogP) is -0.579. The lowest BCUT2D eigenvalue weighted by Crippen LogP contribution is -3.00. The Hall–Kier alpha value is 0.250. The maximum atomic E-state index is 2.35. The van der Waals surface area contributed by atoms with E-state index in [1.807, 2.05) is 0 Å². The van der Waals surface area contributed by atoms with Crippen LogP contribution in [0.1, 0.15) is 39.5 Å². The SMILES string of the molecule is CCCC[N+]1(CC)CCCC1.[Cl-]. The van der Waals surface area contributed by atoms with E-state index in [9.17, 15) is 0 Å². The minimum atomic E-state index is 0. The lowest BCUT2D eigenvalue weighted by atomic mass is 10.3. The summed E-state index contributed by atoms with van der Waals surface area (Å²) in [6.07, 6.45) is 5.73. The molecule has 0 amide bonds. The third kappa shape index (κ3) is 2.95. The molecule has 1 saturated heterocycles. The van der Waals surface area contributed by atoms with Crippen LogP contribution in [0.3, 0.4) is 0 Å². The van der Waals surface area contributed by atoms with E-state index in [0.717, 1.165) is 0 Å². The second-order valence-electron chi connectivity index (χ2n) is 3.89. The molecule has 12 heavy (non-hydrogen) atoms. The van der Waals surface area contributed by atoms with Crippen LogP contribution in [-0.2, 0) is 0 Å². The number of hydrogen-bond donors (Lipinski definition) is 0. The fraction of sp³-hybridized carbons (Fsp3) is 1.00. The average Bonchev–Trinajstić information content (AvgIpc) is 2.50. The van der Waals surface area contributed by atoms with Gasteiger partial charge in [0.05, 0.1) is 26.2 Å². The Labute approximate surface area is 83.1 Å². The Bertz CT molecular complexity index is 108. The van der Waals surface area contributed by atoms with Gasteiger partial charge in [0.1, 0.15) is 0 Å². The third-order valence-corrected chi connectivity index (χ3v) is 3.17. The van der Waals surface area contributed by atoms with E-state index in [1.165, 1.54) is 56.3 Å². The molecule has 0 radical (unpaired) electrons. The van der Waals surface area contributed by atoms with Crippen molar-refractivity contribution in [3.8, 4) is 0 Å². The summed E-state index contributed by atoms with van der Waals surface area (Å²) in [4.78, 5) is 0. The van der Waals surface area contributed by atoms with Crippen LogP contribution in [0.2, 0.25) is 0 Å². The molecular formula is C10H22ClN. The quantitative estimate of drug-likeness (QED) is 0.522. The standard InChI is InChI=1S/C10H22N.ClH/c1-3-5-8-11(4-2)9-6-7-10-11;/h3-10H2,1-2H3;1H/q+1;/p-1. The van der Waals surface area contributed by atoms with Crippen molar-refractivity contribution in [3.05, 3.63) is 0 Å². The van der Waals surface area contributed by atoms with Crippen molar-refractivity contribution in [3.63, 3.8) is 0 Å². The molecule has 0 spiro atoms. The topological polar surface area (TPSA) is 0 Å². The molecule has 1 aliphatic rings. The summed E-state index contributed by atoms with van der Waals surface area (Å²) >= 11 is 0. The van der Waals surface area contributed by atoms with Crippen LogP contribution < -0.4 is 12.4 Å². The van der Waals surface area contributed by atoms with Crippen molar-refractivity contribution in [1.29, 1.82) is 0 Å². The summed E-state index contributed by atoms with van der Waals surface area (Å²) in [5.74, 6) is 0. The molecule has 0 atom stereocenters. The molecule has 2 heteroatoms. The van der Waals surface area contributed by atoms with Crippen LogP contribution in [0.25, 0.3) is 0 Å². The molecule has 1 fully saturated rings. The van der Waals surface area contributed by atoms with E-state index in [0.29, 0.717) is 0 Å². The van der Waals surface area contributed by atoms with Gasteiger partial charge in [-0.2, -0.15) is 0 Å². The van der Waals surface area contributed by atoms with Gasteiger partial charge in [-0.3, -0.25) is 0 Å². The maximum absolute atomic E-state index is 2.35. The monoisotopic (exact) mass is 191 g/mol. The van der Waals surface area contributed by atoms with Gasteiger partial charge < -0.3 is 16.9 Å². The molecular weight excluding hydrogens is 170 g/mol. The van der Waals surface area contributed by atoms with Crippen molar-refractivity contribution in [2.24, 2.45) is 0 Å². The number of unbranched alkanes of at least 4 members (excludes halogenated alkanes) is 1. The van der Waals surface area contributed by atoms with Crippen molar-refractivity contribution in [1.82, 2.24) is 0 Å². The van der Waals surface area contributed by atoms with Gasteiger partial charge in [-0.25, -0.2) is 0 Å². The van der Waals surface area contributed by atoms with E-state index in [1.54, 1.807) is 0 Å². The molecule has 0 aromatic carbocycles. The van der Waals surface area contributed by atoms with Gasteiger partial charge in [-0.1, -0.05) is 13.3 Å². The van der Waals surface area contributed by atoms with Crippen molar-refractivity contribution < 1.29 is 16.9 Å². The highest BCUT2D eigenvalue weighted by atomic mass is 35.5. The second kappa shape index (κ2) is 5.82. The first-order valence-corrected chi connectivity index (χ1v) is 5.18. The zero-order valence-corrected chi connectivity index (χ0v) is 9.24. The van der Waals surface area contributed by atoms with Crippen LogP contribution in [0.5, 0.6) is 0 Å². The highest BCUT2D eigenvalue weighted by Gasteiger charge is 2.28. The predicted molar refractivity (Wildman–Crippen MR) is 49.5 cm³/mol. The average molecular weight is 192 g/mol. The number of quaternary nitrogens is 1. The van der Waals surface area contributed by atoms with Crippen LogP contribution in [0, 0.1) is 0 Å². The number of rotatable bonds is 4. The van der Waals surface area contributed by atoms with Gasteiger partial charge in [0.2, 0.25) is 0 Å². The van der Waals surface area contributed by atoms with Crippen LogP contribution >= 0.6 is 0 Å². The summed E-state index contributed by atoms with van der Waals surface area (Å²) in [7, 11) is 0. The Morgan fingerprint density at radius 1 is 1.08 bits per heavy atom. The molecule has 1 nitrogen and oxygen atoms in total. The Morgan fingerprint density at radius 2 is 1.67 bits per heavy atom. The number of halogens is 1. The minimum Gasteiger partial charge on any atom is -1.00 e. The van der Waals surface area contributed by atoms with E-state index in [2.05, 4.69) is 13.8 Å². The first kappa shape index (κ1) is 12.2. The molecule has 0 unspecified atom stereocenters. The Morgan fingerprint density at radius 3 is 2.08 bits per heavy atom. The van der Waals surface area contributed by atoms with Gasteiger partial charge in [0.15, 0.2) is 0 Å². The number of likely N-dealkylation sites (tertiary alicyclic amines) is 1. The third-order valence-electron chi connectivity index (χ3n) is 3.17. The largest absolute Gasteiger partial charge is 1.00 e. The summed E-state index contributed by atoms with van der Waals surface area (Å²) in [6.45, 7) is 10.4. The van der Waals surface area contributed by atoms with Crippen LogP contribution in [0.15, 0.2) is 0 Å². The van der Waals surface area contributed by atoms with Crippen molar-refractivity contribution in [2.75, 3.05) is 26.2 Å². The molecule has 0 aliphatic carbocycles. The second-order valence-corrected chi connectivity index (χ2v) is 3.89. The Balaban J connectivity index is 0.00000121. The fourth-order valence-corrected chi connectivity index (χ4v) is 2.20. The Kier molecular flexibility index (Phi) is 5.94. The van der Waals surface area contributed by atoms with E-state index in [-0.39, 0.29) is 12.4 Å². The summed E-state index contributed by atoms with van der Waals surface area (Å²) in [5, 5.41) is 0. The summed E-state index contributed by atoms with van der Waals surface area (Å²) in [6, 6.07) is 0. The summed E-state index contributed by atoms with van der Waals surface area (Å²) < 4.78 is 1.42. The molecule has 1 aliphatic heterocycles. The van der Waals surface area contributed by atoms with Crippen molar-refractivity contribution in [2.45, 2.75) is 39.5 Å². The molecule has 1 rings (SSSR count). The molecule has 0 aromatic rings. The molecule has 1 heterocycles. The normalized spacial score (nSPS) is 20.5. The van der Waals surface area contributed by atoms with Crippen molar-refractivity contribution >= 4 is 0 Å². The highest BCUT2D eigenvalue weighted by molar-refractivity contribution is 4.53. The van der Waals surface area contributed by atoms with E-state index < -0.39 is 0 Å². The number of hydrogen-bond acceptors (Lipinski definition) is 0. The molecule has 0 bridgehead atoms. The molecule has 74 valence electrons. The van der Waals surface area contributed by atoms with Gasteiger partial charge in [-0.05, 0) is 13.3 Å². The molecule has 0 saturated carbocycles. The first-order valence-electron chi connectivity index (χ1n) is 5.18. The zero-order chi connectivity index (χ0) is 8.16. The first-order chi connectivity index (χ1) is 5.33. The highest BCUT2D eigenvalue weighted by Crippen LogP contribution is 2.19. The fourth-order valence-electron chi connectivity index (χ4n) is 2.20. The van der Waals surface area contributed by atoms with Crippen LogP contribution in [-0.4, -0.2) is 30.7 Å². The molecule has 0 N–H and O–H groups in total. The summed E-state index contributed by atoms with van der Waals surface area (Å²) in [5.41, 5.74) is 0.